The molecule has 4 aliphatic rings. The average molecular weight is 405 g/mol. The maximum atomic E-state index is 11.6. The second-order valence-corrected chi connectivity index (χ2v) is 12.7. The fourth-order valence-corrected chi connectivity index (χ4v) is 9.47. The van der Waals surface area contributed by atoms with Gasteiger partial charge in [-0.1, -0.05) is 66.7 Å². The predicted molar refractivity (Wildman–Crippen MR) is 120 cm³/mol. The molecule has 0 bridgehead atoms. The third-order valence-corrected chi connectivity index (χ3v) is 10.7. The van der Waals surface area contributed by atoms with Gasteiger partial charge in [-0.05, 0) is 90.8 Å². The first-order valence-corrected chi connectivity index (χ1v) is 13.0. The molecule has 0 aromatic carbocycles. The maximum absolute atomic E-state index is 11.6. The molecule has 29 heavy (non-hydrogen) atoms. The molecule has 0 saturated heterocycles. The van der Waals surface area contributed by atoms with Crippen LogP contribution >= 0.6 is 0 Å². The van der Waals surface area contributed by atoms with Gasteiger partial charge in [0.15, 0.2) is 0 Å². The number of fused-ring (bicyclic) bond motifs is 5. The maximum Gasteiger partial charge on any atom is 0.0581 e. The van der Waals surface area contributed by atoms with E-state index in [2.05, 4.69) is 34.6 Å². The van der Waals surface area contributed by atoms with Crippen LogP contribution in [0.2, 0.25) is 0 Å². The molecule has 0 amide bonds. The van der Waals surface area contributed by atoms with Gasteiger partial charge in [-0.2, -0.15) is 0 Å². The molecule has 4 rings (SSSR count). The molecular formula is C27H48O2. The summed E-state index contributed by atoms with van der Waals surface area (Å²) in [5.41, 5.74) is 0.428. The standard InChI is InChI=1S/C27H48O2/c1-17(2)9-8-10-18(3)21-15-22(28)24-20-13-12-19-11-6-7-14-26(19,4)25(20)23(29)16-27(21,24)5/h17-25,28-29H,6-16H2,1-5H3/t18-,19?,20+,21-,22?,23?,24-,25-,26+,27-/m1/s1. The monoisotopic (exact) mass is 404 g/mol. The van der Waals surface area contributed by atoms with Crippen LogP contribution < -0.4 is 0 Å². The summed E-state index contributed by atoms with van der Waals surface area (Å²) in [5.74, 6) is 4.18. The van der Waals surface area contributed by atoms with Crippen molar-refractivity contribution in [3.63, 3.8) is 0 Å². The third-order valence-electron chi connectivity index (χ3n) is 10.7. The minimum atomic E-state index is -0.164. The minimum Gasteiger partial charge on any atom is -0.393 e. The van der Waals surface area contributed by atoms with Gasteiger partial charge < -0.3 is 10.2 Å². The lowest BCUT2D eigenvalue weighted by atomic mass is 9.43. The van der Waals surface area contributed by atoms with Gasteiger partial charge in [0.1, 0.15) is 0 Å². The van der Waals surface area contributed by atoms with Crippen LogP contribution in [-0.4, -0.2) is 22.4 Å². The molecule has 0 radical (unpaired) electrons. The van der Waals surface area contributed by atoms with Crippen LogP contribution in [0.3, 0.4) is 0 Å². The SMILES string of the molecule is CC(C)CCC[C@@H](C)[C@H]1CC(O)[C@H]2[C@@H]3CCC4CCCC[C@]4(C)[C@H]3C(O)C[C@]12C. The van der Waals surface area contributed by atoms with Gasteiger partial charge in [0.25, 0.3) is 0 Å². The van der Waals surface area contributed by atoms with Gasteiger partial charge in [0.05, 0.1) is 12.2 Å². The topological polar surface area (TPSA) is 40.5 Å². The Kier molecular flexibility index (Phi) is 6.19. The van der Waals surface area contributed by atoms with E-state index >= 15 is 0 Å². The van der Waals surface area contributed by atoms with Gasteiger partial charge in [0, 0.05) is 0 Å². The van der Waals surface area contributed by atoms with Gasteiger partial charge >= 0.3 is 0 Å². The van der Waals surface area contributed by atoms with E-state index in [1.807, 2.05) is 0 Å². The van der Waals surface area contributed by atoms with Crippen LogP contribution in [0.1, 0.15) is 105 Å². The van der Waals surface area contributed by atoms with E-state index < -0.39 is 0 Å². The molecule has 4 aliphatic carbocycles. The Morgan fingerprint density at radius 1 is 0.862 bits per heavy atom. The van der Waals surface area contributed by atoms with Crippen molar-refractivity contribution < 1.29 is 10.2 Å². The van der Waals surface area contributed by atoms with Crippen molar-refractivity contribution in [3.05, 3.63) is 0 Å². The van der Waals surface area contributed by atoms with Crippen molar-refractivity contribution in [2.45, 2.75) is 117 Å². The Morgan fingerprint density at radius 2 is 1.59 bits per heavy atom. The molecule has 0 heterocycles. The van der Waals surface area contributed by atoms with Crippen molar-refractivity contribution in [2.75, 3.05) is 0 Å². The summed E-state index contributed by atoms with van der Waals surface area (Å²) in [6, 6.07) is 0. The summed E-state index contributed by atoms with van der Waals surface area (Å²) in [4.78, 5) is 0. The molecule has 0 aliphatic heterocycles. The molecule has 0 spiro atoms. The fraction of sp³-hybridized carbons (Fsp3) is 1.00. The number of hydrogen-bond acceptors (Lipinski definition) is 2. The zero-order chi connectivity index (χ0) is 21.0. The highest BCUT2D eigenvalue weighted by molar-refractivity contribution is 5.14. The van der Waals surface area contributed by atoms with Crippen molar-refractivity contribution in [2.24, 2.45) is 52.3 Å². The first-order valence-electron chi connectivity index (χ1n) is 13.0. The molecule has 2 heteroatoms. The Labute approximate surface area is 180 Å². The Morgan fingerprint density at radius 3 is 2.31 bits per heavy atom. The summed E-state index contributed by atoms with van der Waals surface area (Å²) in [7, 11) is 0. The van der Waals surface area contributed by atoms with E-state index in [4.69, 9.17) is 0 Å². The second-order valence-electron chi connectivity index (χ2n) is 12.7. The molecule has 2 nitrogen and oxygen atoms in total. The quantitative estimate of drug-likeness (QED) is 0.553. The van der Waals surface area contributed by atoms with E-state index in [9.17, 15) is 10.2 Å². The highest BCUT2D eigenvalue weighted by atomic mass is 16.3. The zero-order valence-electron chi connectivity index (χ0n) is 19.9. The number of aliphatic hydroxyl groups excluding tert-OH is 2. The smallest absolute Gasteiger partial charge is 0.0581 e. The lowest BCUT2D eigenvalue weighted by molar-refractivity contribution is -0.182. The first kappa shape index (κ1) is 22.1. The summed E-state index contributed by atoms with van der Waals surface area (Å²) in [6.07, 6.45) is 13.4. The van der Waals surface area contributed by atoms with Crippen LogP contribution in [0.25, 0.3) is 0 Å². The molecule has 4 fully saturated rings. The first-order chi connectivity index (χ1) is 13.7. The van der Waals surface area contributed by atoms with Gasteiger partial charge in [-0.25, -0.2) is 0 Å². The minimum absolute atomic E-state index is 0.120. The van der Waals surface area contributed by atoms with Crippen molar-refractivity contribution in [3.8, 4) is 0 Å². The molecule has 3 unspecified atom stereocenters. The number of rotatable bonds is 5. The van der Waals surface area contributed by atoms with Gasteiger partial charge in [-0.15, -0.1) is 0 Å². The Hall–Kier alpha value is -0.0800. The number of hydrogen-bond donors (Lipinski definition) is 2. The fourth-order valence-electron chi connectivity index (χ4n) is 9.47. The van der Waals surface area contributed by atoms with E-state index in [-0.39, 0.29) is 17.6 Å². The summed E-state index contributed by atoms with van der Waals surface area (Å²) < 4.78 is 0. The highest BCUT2D eigenvalue weighted by Gasteiger charge is 2.65. The Balaban J connectivity index is 1.56. The zero-order valence-corrected chi connectivity index (χ0v) is 19.9. The van der Waals surface area contributed by atoms with Crippen LogP contribution in [0, 0.1) is 52.3 Å². The van der Waals surface area contributed by atoms with Crippen LogP contribution in [0.5, 0.6) is 0 Å². The van der Waals surface area contributed by atoms with Crippen molar-refractivity contribution in [1.29, 1.82) is 0 Å². The number of aliphatic hydroxyl groups is 2. The molecule has 4 saturated carbocycles. The highest BCUT2D eigenvalue weighted by Crippen LogP contribution is 2.68. The van der Waals surface area contributed by atoms with Crippen LogP contribution in [-0.2, 0) is 0 Å². The molecular weight excluding hydrogens is 356 g/mol. The molecule has 168 valence electrons. The van der Waals surface area contributed by atoms with Crippen molar-refractivity contribution in [1.82, 2.24) is 0 Å². The lowest BCUT2D eigenvalue weighted by Gasteiger charge is -2.62. The predicted octanol–water partition coefficient (Wildman–Crippen LogP) is 6.44. The normalized spacial score (nSPS) is 50.7. The molecule has 2 N–H and O–H groups in total. The molecule has 10 atom stereocenters. The Bertz CT molecular complexity index is 573. The molecule has 0 aromatic heterocycles. The van der Waals surface area contributed by atoms with Crippen LogP contribution in [0.15, 0.2) is 0 Å². The second kappa shape index (κ2) is 8.12. The summed E-state index contributed by atoms with van der Waals surface area (Å²) >= 11 is 0. The van der Waals surface area contributed by atoms with E-state index in [0.717, 1.165) is 24.7 Å². The van der Waals surface area contributed by atoms with Crippen LogP contribution in [0.4, 0.5) is 0 Å². The average Bonchev–Trinajstić information content (AvgIpc) is 2.90. The van der Waals surface area contributed by atoms with E-state index in [0.29, 0.717) is 35.0 Å². The summed E-state index contributed by atoms with van der Waals surface area (Å²) in [5, 5.41) is 22.9. The lowest BCUT2D eigenvalue weighted by Crippen LogP contribution is -2.59. The van der Waals surface area contributed by atoms with Gasteiger partial charge in [0.2, 0.25) is 0 Å². The largest absolute Gasteiger partial charge is 0.393 e. The van der Waals surface area contributed by atoms with E-state index in [1.54, 1.807) is 0 Å². The van der Waals surface area contributed by atoms with E-state index in [1.165, 1.54) is 57.8 Å². The molecule has 0 aromatic rings. The van der Waals surface area contributed by atoms with Crippen molar-refractivity contribution >= 4 is 0 Å². The van der Waals surface area contributed by atoms with Gasteiger partial charge in [-0.3, -0.25) is 0 Å². The summed E-state index contributed by atoms with van der Waals surface area (Å²) in [6.45, 7) is 12.0. The third kappa shape index (κ3) is 3.63.